The zero-order valence-electron chi connectivity index (χ0n) is 11.3. The Morgan fingerprint density at radius 2 is 2.12 bits per heavy atom. The van der Waals surface area contributed by atoms with Gasteiger partial charge in [-0.3, -0.25) is 9.69 Å². The number of nitrogens with zero attached hydrogens (tertiary/aromatic N) is 1. The molecule has 3 N–H and O–H groups in total. The fourth-order valence-corrected chi connectivity index (χ4v) is 2.10. The zero-order valence-corrected chi connectivity index (χ0v) is 12.1. The van der Waals surface area contributed by atoms with E-state index in [1.807, 2.05) is 27.7 Å². The topological polar surface area (TPSA) is 58.4 Å². The van der Waals surface area contributed by atoms with E-state index in [2.05, 4.69) is 10.2 Å². The number of likely N-dealkylation sites (tertiary alicyclic amines) is 1. The molecule has 1 saturated heterocycles. The minimum atomic E-state index is -0.141. The number of rotatable bonds is 3. The van der Waals surface area contributed by atoms with Crippen LogP contribution in [0.5, 0.6) is 0 Å². The van der Waals surface area contributed by atoms with Crippen molar-refractivity contribution < 1.29 is 4.79 Å². The van der Waals surface area contributed by atoms with Gasteiger partial charge in [-0.1, -0.05) is 0 Å². The summed E-state index contributed by atoms with van der Waals surface area (Å²) in [6, 6.07) is 0.232. The Kier molecular flexibility index (Phi) is 6.45. The normalized spacial score (nSPS) is 23.0. The lowest BCUT2D eigenvalue weighted by atomic mass is 10.0. The van der Waals surface area contributed by atoms with Gasteiger partial charge in [0, 0.05) is 18.1 Å². The largest absolute Gasteiger partial charge is 0.350 e. The summed E-state index contributed by atoms with van der Waals surface area (Å²) in [5, 5.41) is 2.98. The molecule has 0 aliphatic carbocycles. The van der Waals surface area contributed by atoms with Crippen molar-refractivity contribution in [1.82, 2.24) is 10.2 Å². The summed E-state index contributed by atoms with van der Waals surface area (Å²) in [5.41, 5.74) is 5.72. The maximum absolute atomic E-state index is 11.7. The van der Waals surface area contributed by atoms with E-state index < -0.39 is 0 Å². The molecule has 1 aliphatic heterocycles. The fourth-order valence-electron chi connectivity index (χ4n) is 2.10. The molecule has 2 unspecified atom stereocenters. The highest BCUT2D eigenvalue weighted by atomic mass is 35.5. The summed E-state index contributed by atoms with van der Waals surface area (Å²) < 4.78 is 0. The van der Waals surface area contributed by atoms with Crippen molar-refractivity contribution in [3.05, 3.63) is 0 Å². The molecule has 1 amide bonds. The van der Waals surface area contributed by atoms with Gasteiger partial charge in [-0.05, 0) is 46.6 Å². The Bertz CT molecular complexity index is 251. The lowest BCUT2D eigenvalue weighted by Gasteiger charge is -2.23. The average molecular weight is 264 g/mol. The molecule has 0 bridgehead atoms. The molecule has 1 fully saturated rings. The number of halogens is 1. The Morgan fingerprint density at radius 1 is 1.53 bits per heavy atom. The first-order chi connectivity index (χ1) is 7.28. The van der Waals surface area contributed by atoms with Crippen molar-refractivity contribution in [2.24, 2.45) is 11.7 Å². The zero-order chi connectivity index (χ0) is 12.3. The number of nitrogens with one attached hydrogen (secondary N) is 1. The highest BCUT2D eigenvalue weighted by Gasteiger charge is 2.27. The van der Waals surface area contributed by atoms with E-state index in [1.54, 1.807) is 0 Å². The Balaban J connectivity index is 0.00000256. The van der Waals surface area contributed by atoms with Gasteiger partial charge in [0.25, 0.3) is 0 Å². The Morgan fingerprint density at radius 3 is 2.53 bits per heavy atom. The number of amides is 1. The molecule has 0 spiro atoms. The fraction of sp³-hybridized carbons (Fsp3) is 0.917. The molecule has 5 heteroatoms. The van der Waals surface area contributed by atoms with Crippen molar-refractivity contribution >= 4 is 18.3 Å². The van der Waals surface area contributed by atoms with Gasteiger partial charge in [0.2, 0.25) is 5.91 Å². The standard InChI is InChI=1S/C12H25N3O.ClH/c1-9(13)10-5-6-15(7-10)8-11(16)14-12(2,3)4;/h9-10H,5-8,13H2,1-4H3,(H,14,16);1H. The van der Waals surface area contributed by atoms with Gasteiger partial charge >= 0.3 is 0 Å². The number of nitrogens with two attached hydrogens (primary N) is 1. The van der Waals surface area contributed by atoms with E-state index in [0.29, 0.717) is 12.5 Å². The van der Waals surface area contributed by atoms with Crippen molar-refractivity contribution in [3.63, 3.8) is 0 Å². The minimum Gasteiger partial charge on any atom is -0.350 e. The van der Waals surface area contributed by atoms with Crippen molar-refractivity contribution in [1.29, 1.82) is 0 Å². The van der Waals surface area contributed by atoms with Gasteiger partial charge in [0.05, 0.1) is 6.54 Å². The van der Waals surface area contributed by atoms with E-state index in [4.69, 9.17) is 5.73 Å². The predicted molar refractivity (Wildman–Crippen MR) is 73.3 cm³/mol. The summed E-state index contributed by atoms with van der Waals surface area (Å²) in [6.45, 7) is 10.5. The van der Waals surface area contributed by atoms with Crippen LogP contribution < -0.4 is 11.1 Å². The third-order valence-corrected chi connectivity index (χ3v) is 2.93. The highest BCUT2D eigenvalue weighted by molar-refractivity contribution is 5.85. The number of hydrogen-bond acceptors (Lipinski definition) is 3. The number of carbonyl (C=O) groups is 1. The van der Waals surface area contributed by atoms with Crippen LogP contribution in [0.1, 0.15) is 34.1 Å². The molecule has 0 aromatic rings. The second kappa shape index (κ2) is 6.57. The average Bonchev–Trinajstić information content (AvgIpc) is 2.48. The van der Waals surface area contributed by atoms with Crippen molar-refractivity contribution in [2.45, 2.75) is 45.7 Å². The second-order valence-electron chi connectivity index (χ2n) is 5.94. The van der Waals surface area contributed by atoms with Crippen LogP contribution in [0, 0.1) is 5.92 Å². The summed E-state index contributed by atoms with van der Waals surface area (Å²) in [4.78, 5) is 13.9. The van der Waals surface area contributed by atoms with Crippen LogP contribution in [0.2, 0.25) is 0 Å². The maximum Gasteiger partial charge on any atom is 0.234 e. The molecule has 102 valence electrons. The molecule has 2 atom stereocenters. The van der Waals surface area contributed by atoms with Crippen LogP contribution >= 0.6 is 12.4 Å². The molecule has 0 aromatic carbocycles. The van der Waals surface area contributed by atoms with E-state index in [-0.39, 0.29) is 29.9 Å². The van der Waals surface area contributed by atoms with Gasteiger partial charge in [0.15, 0.2) is 0 Å². The van der Waals surface area contributed by atoms with E-state index in [1.165, 1.54) is 0 Å². The lowest BCUT2D eigenvalue weighted by molar-refractivity contribution is -0.123. The van der Waals surface area contributed by atoms with Crippen molar-refractivity contribution in [3.8, 4) is 0 Å². The van der Waals surface area contributed by atoms with Gasteiger partial charge in [0.1, 0.15) is 0 Å². The second-order valence-corrected chi connectivity index (χ2v) is 5.94. The van der Waals surface area contributed by atoms with Crippen LogP contribution in [0.15, 0.2) is 0 Å². The summed E-state index contributed by atoms with van der Waals surface area (Å²) in [6.07, 6.45) is 1.11. The predicted octanol–water partition coefficient (Wildman–Crippen LogP) is 0.992. The van der Waals surface area contributed by atoms with Gasteiger partial charge in [-0.25, -0.2) is 0 Å². The first-order valence-corrected chi connectivity index (χ1v) is 6.07. The molecule has 1 heterocycles. The molecule has 0 saturated carbocycles. The van der Waals surface area contributed by atoms with E-state index >= 15 is 0 Å². The molecule has 1 rings (SSSR count). The molecule has 4 nitrogen and oxygen atoms in total. The molecular weight excluding hydrogens is 238 g/mol. The Hall–Kier alpha value is -0.320. The summed E-state index contributed by atoms with van der Waals surface area (Å²) in [5.74, 6) is 0.653. The lowest BCUT2D eigenvalue weighted by Crippen LogP contribution is -2.45. The molecule has 0 aromatic heterocycles. The summed E-state index contributed by atoms with van der Waals surface area (Å²) in [7, 11) is 0. The van der Waals surface area contributed by atoms with E-state index in [0.717, 1.165) is 19.5 Å². The number of hydrogen-bond donors (Lipinski definition) is 2. The summed E-state index contributed by atoms with van der Waals surface area (Å²) >= 11 is 0. The first kappa shape index (κ1) is 16.7. The molecule has 1 aliphatic rings. The van der Waals surface area contributed by atoms with Crippen LogP contribution in [-0.2, 0) is 4.79 Å². The van der Waals surface area contributed by atoms with Crippen LogP contribution in [0.25, 0.3) is 0 Å². The maximum atomic E-state index is 11.7. The minimum absolute atomic E-state index is 0. The van der Waals surface area contributed by atoms with Gasteiger partial charge in [-0.15, -0.1) is 12.4 Å². The third-order valence-electron chi connectivity index (χ3n) is 2.93. The number of carbonyl (C=O) groups excluding carboxylic acids is 1. The van der Waals surface area contributed by atoms with Crippen molar-refractivity contribution in [2.75, 3.05) is 19.6 Å². The quantitative estimate of drug-likeness (QED) is 0.799. The van der Waals surface area contributed by atoms with Crippen LogP contribution in [-0.4, -0.2) is 42.0 Å². The third kappa shape index (κ3) is 6.24. The van der Waals surface area contributed by atoms with Crippen LogP contribution in [0.4, 0.5) is 0 Å². The Labute approximate surface area is 111 Å². The molecule has 17 heavy (non-hydrogen) atoms. The monoisotopic (exact) mass is 263 g/mol. The van der Waals surface area contributed by atoms with Gasteiger partial charge in [-0.2, -0.15) is 0 Å². The first-order valence-electron chi connectivity index (χ1n) is 6.07. The van der Waals surface area contributed by atoms with Gasteiger partial charge < -0.3 is 11.1 Å². The SMILES string of the molecule is CC(N)C1CCN(CC(=O)NC(C)(C)C)C1.Cl. The van der Waals surface area contributed by atoms with Crippen LogP contribution in [0.3, 0.4) is 0 Å². The smallest absolute Gasteiger partial charge is 0.234 e. The van der Waals surface area contributed by atoms with E-state index in [9.17, 15) is 4.79 Å². The molecular formula is C12H26ClN3O. The highest BCUT2D eigenvalue weighted by Crippen LogP contribution is 2.18. The molecule has 0 radical (unpaired) electrons.